The highest BCUT2D eigenvalue weighted by Gasteiger charge is 2.20. The first kappa shape index (κ1) is 19.8. The second-order valence-electron chi connectivity index (χ2n) is 6.77. The summed E-state index contributed by atoms with van der Waals surface area (Å²) in [5.74, 6) is 1.97. The standard InChI is InChI=1S/C21H21FN6OS/c22-17-3-1-2-4-18(17)27-9-11-28(12-10-27)20-8-5-15(13-24-20)19-7-6-16(29-19)14-25-26-21(23)30/h1-8,13-14H,9-12H2,(H3,23,26,30). The van der Waals surface area contributed by atoms with Crippen molar-refractivity contribution in [2.24, 2.45) is 10.8 Å². The third-order valence-electron chi connectivity index (χ3n) is 4.82. The molecule has 30 heavy (non-hydrogen) atoms. The summed E-state index contributed by atoms with van der Waals surface area (Å²) in [5.41, 5.74) is 9.32. The van der Waals surface area contributed by atoms with Crippen LogP contribution in [0.5, 0.6) is 0 Å². The van der Waals surface area contributed by atoms with Crippen LogP contribution in [0.4, 0.5) is 15.9 Å². The first-order valence-corrected chi connectivity index (χ1v) is 9.90. The number of hydrogen-bond donors (Lipinski definition) is 2. The molecule has 154 valence electrons. The Morgan fingerprint density at radius 2 is 1.87 bits per heavy atom. The summed E-state index contributed by atoms with van der Waals surface area (Å²) in [7, 11) is 0. The average molecular weight is 425 g/mol. The number of nitrogens with zero attached hydrogens (tertiary/aromatic N) is 4. The van der Waals surface area contributed by atoms with Gasteiger partial charge in [-0.2, -0.15) is 5.10 Å². The van der Waals surface area contributed by atoms with Gasteiger partial charge in [-0.05, 0) is 48.6 Å². The maximum atomic E-state index is 14.0. The van der Waals surface area contributed by atoms with Crippen molar-refractivity contribution < 1.29 is 8.81 Å². The Morgan fingerprint density at radius 1 is 1.10 bits per heavy atom. The van der Waals surface area contributed by atoms with Crippen molar-refractivity contribution in [3.05, 3.63) is 66.3 Å². The van der Waals surface area contributed by atoms with E-state index in [1.54, 1.807) is 18.3 Å². The van der Waals surface area contributed by atoms with Crippen LogP contribution in [-0.2, 0) is 0 Å². The van der Waals surface area contributed by atoms with Gasteiger partial charge < -0.3 is 20.0 Å². The number of nitrogens with one attached hydrogen (secondary N) is 1. The van der Waals surface area contributed by atoms with Gasteiger partial charge >= 0.3 is 0 Å². The number of furan rings is 1. The van der Waals surface area contributed by atoms with Crippen molar-refractivity contribution in [2.75, 3.05) is 36.0 Å². The third kappa shape index (κ3) is 4.57. The Labute approximate surface area is 179 Å². The topological polar surface area (TPSA) is 82.9 Å². The van der Waals surface area contributed by atoms with Crippen molar-refractivity contribution >= 4 is 35.1 Å². The van der Waals surface area contributed by atoms with Crippen LogP contribution in [0.3, 0.4) is 0 Å². The predicted octanol–water partition coefficient (Wildman–Crippen LogP) is 2.97. The third-order valence-corrected chi connectivity index (χ3v) is 4.91. The SMILES string of the molecule is NC(=S)NN=Cc1ccc(-c2ccc(N3CCN(c4ccccc4F)CC3)nc2)o1. The van der Waals surface area contributed by atoms with Crippen molar-refractivity contribution in [3.8, 4) is 11.3 Å². The van der Waals surface area contributed by atoms with E-state index in [1.165, 1.54) is 12.3 Å². The monoisotopic (exact) mass is 424 g/mol. The van der Waals surface area contributed by atoms with Crippen molar-refractivity contribution in [2.45, 2.75) is 0 Å². The Morgan fingerprint density at radius 3 is 2.57 bits per heavy atom. The number of anilines is 2. The highest BCUT2D eigenvalue weighted by Crippen LogP contribution is 2.25. The van der Waals surface area contributed by atoms with Crippen LogP contribution < -0.4 is 21.0 Å². The van der Waals surface area contributed by atoms with Crippen molar-refractivity contribution in [1.29, 1.82) is 0 Å². The Kier molecular flexibility index (Phi) is 5.89. The van der Waals surface area contributed by atoms with Crippen molar-refractivity contribution in [3.63, 3.8) is 0 Å². The maximum absolute atomic E-state index is 14.0. The molecule has 9 heteroatoms. The molecule has 0 bridgehead atoms. The molecule has 1 aliphatic rings. The van der Waals surface area contributed by atoms with Gasteiger partial charge in [0, 0.05) is 37.9 Å². The zero-order valence-corrected chi connectivity index (χ0v) is 17.0. The van der Waals surface area contributed by atoms with Gasteiger partial charge in [-0.25, -0.2) is 9.37 Å². The van der Waals surface area contributed by atoms with E-state index in [0.717, 1.165) is 37.6 Å². The molecule has 1 aliphatic heterocycles. The van der Waals surface area contributed by atoms with Gasteiger partial charge in [0.25, 0.3) is 0 Å². The van der Waals surface area contributed by atoms with Crippen LogP contribution in [0.2, 0.25) is 0 Å². The number of thiocarbonyl (C=S) groups is 1. The molecule has 0 saturated carbocycles. The van der Waals surface area contributed by atoms with Crippen LogP contribution in [0, 0.1) is 5.82 Å². The fraction of sp³-hybridized carbons (Fsp3) is 0.190. The number of pyridine rings is 1. The number of rotatable bonds is 5. The second-order valence-corrected chi connectivity index (χ2v) is 7.21. The lowest BCUT2D eigenvalue weighted by atomic mass is 10.2. The molecular formula is C21H21FN6OS. The van der Waals surface area contributed by atoms with E-state index in [2.05, 4.69) is 37.5 Å². The molecule has 1 fully saturated rings. The predicted molar refractivity (Wildman–Crippen MR) is 120 cm³/mol. The molecule has 2 aromatic heterocycles. The summed E-state index contributed by atoms with van der Waals surface area (Å²) >= 11 is 4.69. The number of hydrogen-bond acceptors (Lipinski definition) is 6. The summed E-state index contributed by atoms with van der Waals surface area (Å²) in [6.07, 6.45) is 3.28. The quantitative estimate of drug-likeness (QED) is 0.370. The summed E-state index contributed by atoms with van der Waals surface area (Å²) in [6.45, 7) is 3.03. The summed E-state index contributed by atoms with van der Waals surface area (Å²) < 4.78 is 19.7. The van der Waals surface area contributed by atoms with Crippen LogP contribution >= 0.6 is 12.2 Å². The molecule has 1 saturated heterocycles. The molecule has 3 N–H and O–H groups in total. The fourth-order valence-corrected chi connectivity index (χ4v) is 3.39. The normalized spacial score (nSPS) is 14.3. The Hall–Kier alpha value is -3.46. The van der Waals surface area contributed by atoms with Gasteiger partial charge in [-0.15, -0.1) is 0 Å². The molecule has 0 amide bonds. The van der Waals surface area contributed by atoms with Gasteiger partial charge in [0.2, 0.25) is 0 Å². The number of piperazine rings is 1. The van der Waals surface area contributed by atoms with E-state index < -0.39 is 0 Å². The van der Waals surface area contributed by atoms with Crippen LogP contribution in [0.15, 0.2) is 64.2 Å². The first-order chi connectivity index (χ1) is 14.6. The first-order valence-electron chi connectivity index (χ1n) is 9.49. The Balaban J connectivity index is 1.38. The number of nitrogens with two attached hydrogens (primary N) is 1. The maximum Gasteiger partial charge on any atom is 0.184 e. The van der Waals surface area contributed by atoms with Gasteiger partial charge in [0.15, 0.2) is 5.11 Å². The minimum absolute atomic E-state index is 0.0903. The molecule has 0 unspecified atom stereocenters. The fourth-order valence-electron chi connectivity index (χ4n) is 3.34. The van der Waals surface area contributed by atoms with E-state index in [0.29, 0.717) is 17.2 Å². The molecule has 3 aromatic rings. The molecule has 7 nitrogen and oxygen atoms in total. The molecule has 3 heterocycles. The van der Waals surface area contributed by atoms with Gasteiger partial charge in [0.05, 0.1) is 11.9 Å². The molecular weight excluding hydrogens is 403 g/mol. The largest absolute Gasteiger partial charge is 0.455 e. The minimum atomic E-state index is -0.183. The van der Waals surface area contributed by atoms with Gasteiger partial charge in [-0.1, -0.05) is 12.1 Å². The van der Waals surface area contributed by atoms with Crippen LogP contribution in [0.25, 0.3) is 11.3 Å². The van der Waals surface area contributed by atoms with Gasteiger partial charge in [0.1, 0.15) is 23.2 Å². The van der Waals surface area contributed by atoms with E-state index in [1.807, 2.05) is 30.3 Å². The lowest BCUT2D eigenvalue weighted by Gasteiger charge is -2.36. The molecule has 0 radical (unpaired) electrons. The van der Waals surface area contributed by atoms with E-state index in [4.69, 9.17) is 10.2 Å². The smallest absolute Gasteiger partial charge is 0.184 e. The van der Waals surface area contributed by atoms with Crippen molar-refractivity contribution in [1.82, 2.24) is 10.4 Å². The highest BCUT2D eigenvalue weighted by atomic mass is 32.1. The second kappa shape index (κ2) is 8.91. The lowest BCUT2D eigenvalue weighted by molar-refractivity contribution is 0.574. The number of halogens is 1. The van der Waals surface area contributed by atoms with Crippen LogP contribution in [-0.4, -0.2) is 42.5 Å². The van der Waals surface area contributed by atoms with E-state index in [9.17, 15) is 4.39 Å². The molecule has 4 rings (SSSR count). The number of hydrazone groups is 1. The van der Waals surface area contributed by atoms with Gasteiger partial charge in [-0.3, -0.25) is 5.43 Å². The summed E-state index contributed by atoms with van der Waals surface area (Å²) in [4.78, 5) is 8.85. The number of para-hydroxylation sites is 1. The van der Waals surface area contributed by atoms with Crippen LogP contribution in [0.1, 0.15) is 5.76 Å². The molecule has 0 atom stereocenters. The van der Waals surface area contributed by atoms with E-state index in [-0.39, 0.29) is 10.9 Å². The molecule has 1 aromatic carbocycles. The number of aromatic nitrogens is 1. The van der Waals surface area contributed by atoms with E-state index >= 15 is 0 Å². The average Bonchev–Trinajstić information content (AvgIpc) is 3.23. The number of benzene rings is 1. The lowest BCUT2D eigenvalue weighted by Crippen LogP contribution is -2.47. The summed E-state index contributed by atoms with van der Waals surface area (Å²) in [6, 6.07) is 14.5. The molecule has 0 spiro atoms. The molecule has 0 aliphatic carbocycles. The minimum Gasteiger partial charge on any atom is -0.455 e. The summed E-state index contributed by atoms with van der Waals surface area (Å²) in [5, 5.41) is 3.96. The Bertz CT molecular complexity index is 1040. The highest BCUT2D eigenvalue weighted by molar-refractivity contribution is 7.80. The zero-order chi connectivity index (χ0) is 20.9. The zero-order valence-electron chi connectivity index (χ0n) is 16.2.